The molecular weight excluding hydrogens is 767 g/mol. The van der Waals surface area contributed by atoms with Crippen LogP contribution in [-0.2, 0) is 38.9 Å². The van der Waals surface area contributed by atoms with Crippen molar-refractivity contribution in [1.82, 2.24) is 19.8 Å². The molecule has 4 aromatic rings. The van der Waals surface area contributed by atoms with Gasteiger partial charge in [0, 0.05) is 26.2 Å². The Labute approximate surface area is 319 Å². The molecule has 0 radical (unpaired) electrons. The Morgan fingerprint density at radius 2 is 0.755 bits per heavy atom. The summed E-state index contributed by atoms with van der Waals surface area (Å²) >= 11 is 0. The number of hydrogen-bond acceptors (Lipinski definition) is 2. The zero-order valence-corrected chi connectivity index (χ0v) is 36.7. The van der Waals surface area contributed by atoms with Gasteiger partial charge in [0.25, 0.3) is 0 Å². The maximum Gasteiger partial charge on any atom is 4.00 e. The number of hydrogen-bond donors (Lipinski definition) is 0. The first-order chi connectivity index (χ1) is 22.8. The quantitative estimate of drug-likeness (QED) is 0.126. The predicted molar refractivity (Wildman–Crippen MR) is 210 cm³/mol. The molecule has 2 aromatic heterocycles. The molecule has 7 heteroatoms. The minimum Gasteiger partial charge on any atom is -0.668 e. The van der Waals surface area contributed by atoms with Crippen LogP contribution in [0.1, 0.15) is 113 Å². The van der Waals surface area contributed by atoms with Gasteiger partial charge in [-0.1, -0.05) is 116 Å². The summed E-state index contributed by atoms with van der Waals surface area (Å²) in [7, 11) is 11.4. The fourth-order valence-electron chi connectivity index (χ4n) is 6.01. The van der Waals surface area contributed by atoms with Crippen LogP contribution < -0.4 is 9.97 Å². The summed E-state index contributed by atoms with van der Waals surface area (Å²) in [6.07, 6.45) is 0. The van der Waals surface area contributed by atoms with Crippen LogP contribution in [0.3, 0.4) is 0 Å². The molecule has 0 amide bonds. The van der Waals surface area contributed by atoms with Crippen LogP contribution in [0.25, 0.3) is 33.1 Å². The number of likely N-dealkylation sites (N-methyl/N-ethyl adjacent to an activating group) is 2. The summed E-state index contributed by atoms with van der Waals surface area (Å²) in [6, 6.07) is 22.3. The number of benzene rings is 2. The van der Waals surface area contributed by atoms with Gasteiger partial charge >= 0.3 is 25.8 Å². The van der Waals surface area contributed by atoms with E-state index in [0.717, 1.165) is 49.0 Å². The summed E-state index contributed by atoms with van der Waals surface area (Å²) in [5.41, 5.74) is 12.7. The molecule has 0 aliphatic rings. The third kappa shape index (κ3) is 13.4. The van der Waals surface area contributed by atoms with E-state index in [4.69, 9.17) is 9.97 Å². The fraction of sp³-hybridized carbons (Fsp3) is 0.524. The second-order valence-electron chi connectivity index (χ2n) is 14.3. The average molecular weight is 832 g/mol. The molecule has 2 heterocycles. The summed E-state index contributed by atoms with van der Waals surface area (Å²) in [6.45, 7) is 21.8. The standard InChI is InChI=1S/C38H52N4.2C2H6N.Hf/c1-25(2)31-13-11-14-32(26(3)4)37(31)35-19-17-29(39-35)23-41(9)21-22-42(10)24-30-18-20-36(40-30)38-33(27(5)6)15-12-16-34(38)28(7)8;2*1-3-2;/h11-20,25-28H,21-24H2,1-10H3;2*1-2H3;/q-2;2*-1;+4. The second-order valence-corrected chi connectivity index (χ2v) is 14.3. The molecule has 6 nitrogen and oxygen atoms in total. The SMILES string of the molecule is CC(C)c1cccc(C(C)C)c1-c1ccc(CN(C)CCN(C)Cc2ccc(-c3c(C(C)C)cccc3C(C)C)[n-]2)[n-]1.C[N-]C.C[N-]C.[Hf+4]. The monoisotopic (exact) mass is 832 g/mol. The van der Waals surface area contributed by atoms with Crippen molar-refractivity contribution in [1.29, 1.82) is 0 Å². The van der Waals surface area contributed by atoms with Crippen LogP contribution in [0.4, 0.5) is 0 Å². The molecule has 0 N–H and O–H groups in total. The van der Waals surface area contributed by atoms with Crippen LogP contribution >= 0.6 is 0 Å². The molecule has 0 atom stereocenters. The molecule has 0 spiro atoms. The minimum absolute atomic E-state index is 0. The summed E-state index contributed by atoms with van der Waals surface area (Å²) in [4.78, 5) is 15.0. The van der Waals surface area contributed by atoms with Crippen molar-refractivity contribution in [3.05, 3.63) is 105 Å². The molecule has 2 aromatic carbocycles. The normalized spacial score (nSPS) is 11.3. The van der Waals surface area contributed by atoms with Gasteiger partial charge in [0.15, 0.2) is 0 Å². The number of aromatic nitrogens is 2. The molecule has 266 valence electrons. The molecule has 49 heavy (non-hydrogen) atoms. The maximum atomic E-state index is 5.11. The predicted octanol–water partition coefficient (Wildman–Crippen LogP) is 10.2. The van der Waals surface area contributed by atoms with Crippen LogP contribution in [0.5, 0.6) is 0 Å². The van der Waals surface area contributed by atoms with E-state index < -0.39 is 0 Å². The van der Waals surface area contributed by atoms with E-state index in [1.807, 2.05) is 0 Å². The largest absolute Gasteiger partial charge is 4.00 e. The van der Waals surface area contributed by atoms with Crippen molar-refractivity contribution in [2.24, 2.45) is 0 Å². The van der Waals surface area contributed by atoms with Crippen molar-refractivity contribution in [3.8, 4) is 22.5 Å². The topological polar surface area (TPSA) is 62.9 Å². The van der Waals surface area contributed by atoms with Gasteiger partial charge < -0.3 is 30.4 Å². The number of nitrogens with zero attached hydrogens (tertiary/aromatic N) is 6. The smallest absolute Gasteiger partial charge is 0.668 e. The summed E-state index contributed by atoms with van der Waals surface area (Å²) in [5.74, 6) is 1.86. The summed E-state index contributed by atoms with van der Waals surface area (Å²) in [5, 5.41) is 7.00. The van der Waals surface area contributed by atoms with Gasteiger partial charge in [-0.15, -0.1) is 22.8 Å². The van der Waals surface area contributed by atoms with Gasteiger partial charge in [-0.05, 0) is 71.1 Å². The van der Waals surface area contributed by atoms with Crippen molar-refractivity contribution >= 4 is 0 Å². The van der Waals surface area contributed by atoms with E-state index in [-0.39, 0.29) is 25.8 Å². The van der Waals surface area contributed by atoms with Crippen LogP contribution in [0.15, 0.2) is 60.7 Å². The van der Waals surface area contributed by atoms with Gasteiger partial charge in [0.05, 0.1) is 0 Å². The van der Waals surface area contributed by atoms with Crippen molar-refractivity contribution < 1.29 is 25.8 Å². The zero-order valence-electron chi connectivity index (χ0n) is 33.1. The van der Waals surface area contributed by atoms with E-state index in [9.17, 15) is 0 Å². The van der Waals surface area contributed by atoms with Crippen LogP contribution in [0.2, 0.25) is 0 Å². The van der Waals surface area contributed by atoms with Crippen molar-refractivity contribution in [2.45, 2.75) is 92.2 Å². The molecule has 0 unspecified atom stereocenters. The first kappa shape index (κ1) is 44.7. The third-order valence-electron chi connectivity index (χ3n) is 8.38. The van der Waals surface area contributed by atoms with Crippen molar-refractivity contribution in [3.63, 3.8) is 0 Å². The Kier molecular flexibility index (Phi) is 20.6. The van der Waals surface area contributed by atoms with Gasteiger partial charge in [-0.2, -0.15) is 28.2 Å². The van der Waals surface area contributed by atoms with Crippen molar-refractivity contribution in [2.75, 3.05) is 55.4 Å². The van der Waals surface area contributed by atoms with Gasteiger partial charge in [-0.3, -0.25) is 0 Å². The number of rotatable bonds is 13. The van der Waals surface area contributed by atoms with E-state index in [0.29, 0.717) is 23.7 Å². The molecule has 0 fully saturated rings. The van der Waals surface area contributed by atoms with Crippen LogP contribution in [0, 0.1) is 0 Å². The minimum atomic E-state index is 0. The third-order valence-corrected chi connectivity index (χ3v) is 8.38. The van der Waals surface area contributed by atoms with E-state index in [2.05, 4.69) is 151 Å². The molecule has 0 bridgehead atoms. The fourth-order valence-corrected chi connectivity index (χ4v) is 6.01. The Balaban J connectivity index is 0.00000160. The molecule has 0 aliphatic carbocycles. The zero-order chi connectivity index (χ0) is 36.0. The second kappa shape index (κ2) is 22.5. The van der Waals surface area contributed by atoms with E-state index >= 15 is 0 Å². The molecule has 0 saturated heterocycles. The molecule has 4 rings (SSSR count). The Bertz CT molecular complexity index is 1320. The first-order valence-corrected chi connectivity index (χ1v) is 17.6. The van der Waals surface area contributed by atoms with Gasteiger partial charge in [-0.25, -0.2) is 0 Å². The van der Waals surface area contributed by atoms with E-state index in [1.165, 1.54) is 33.4 Å². The Morgan fingerprint density at radius 1 is 0.490 bits per heavy atom. The van der Waals surface area contributed by atoms with Gasteiger partial charge in [0.2, 0.25) is 0 Å². The van der Waals surface area contributed by atoms with Crippen LogP contribution in [-0.4, -0.2) is 65.2 Å². The first-order valence-electron chi connectivity index (χ1n) is 17.6. The maximum absolute atomic E-state index is 5.11. The average Bonchev–Trinajstić information content (AvgIpc) is 3.69. The molecular formula is C42H64HfN6. The molecule has 0 saturated carbocycles. The summed E-state index contributed by atoms with van der Waals surface area (Å²) < 4.78 is 0. The van der Waals surface area contributed by atoms with Gasteiger partial charge in [0.1, 0.15) is 0 Å². The Morgan fingerprint density at radius 3 is 1.00 bits per heavy atom. The Hall–Kier alpha value is -2.29. The van der Waals surface area contributed by atoms with E-state index in [1.54, 1.807) is 28.2 Å². The molecule has 0 aliphatic heterocycles.